The first kappa shape index (κ1) is 42.3. The van der Waals surface area contributed by atoms with Crippen LogP contribution in [0.1, 0.15) is 100 Å². The predicted octanol–water partition coefficient (Wildman–Crippen LogP) is 11.1. The maximum Gasteiger partial charge on any atom is 0.344 e. The van der Waals surface area contributed by atoms with Crippen molar-refractivity contribution < 1.29 is 49.0 Å². The van der Waals surface area contributed by atoms with Gasteiger partial charge in [-0.05, 0) is 110 Å². The molecular weight excluding hydrogens is 777 g/mol. The number of ketones is 1. The topological polar surface area (TPSA) is 191 Å². The molecule has 2 aliphatic rings. The molecule has 1 aliphatic heterocycles. The van der Waals surface area contributed by atoms with Crippen molar-refractivity contribution in [2.45, 2.75) is 93.1 Å². The van der Waals surface area contributed by atoms with Gasteiger partial charge in [-0.15, -0.1) is 0 Å². The van der Waals surface area contributed by atoms with Crippen molar-refractivity contribution >= 4 is 27.7 Å². The normalized spacial score (nSPS) is 15.5. The van der Waals surface area contributed by atoms with Crippen LogP contribution < -0.4 is 10.4 Å². The molecule has 0 saturated heterocycles. The highest BCUT2D eigenvalue weighted by molar-refractivity contribution is 6.22. The summed E-state index contributed by atoms with van der Waals surface area (Å²) in [7, 11) is 0. The Bertz CT molecular complexity index is 2910. The van der Waals surface area contributed by atoms with Crippen molar-refractivity contribution in [1.29, 1.82) is 0 Å². The fourth-order valence-electron chi connectivity index (χ4n) is 7.85. The zero-order valence-electron chi connectivity index (χ0n) is 35.5. The Balaban J connectivity index is 1.50. The second kappa shape index (κ2) is 16.3. The number of fused-ring (bicyclic) bond motifs is 6. The van der Waals surface area contributed by atoms with Gasteiger partial charge in [0.15, 0.2) is 11.5 Å². The number of phenolic OH excluding ortho intramolecular Hbond substituents is 5. The fourth-order valence-corrected chi connectivity index (χ4v) is 7.85. The first-order valence-corrected chi connectivity index (χ1v) is 20.1. The van der Waals surface area contributed by atoms with Crippen LogP contribution in [-0.2, 0) is 19.3 Å². The smallest absolute Gasteiger partial charge is 0.344 e. The van der Waals surface area contributed by atoms with Gasteiger partial charge in [-0.1, -0.05) is 52.7 Å². The van der Waals surface area contributed by atoms with Gasteiger partial charge < -0.3 is 44.2 Å². The highest BCUT2D eigenvalue weighted by Gasteiger charge is 2.46. The zero-order valence-corrected chi connectivity index (χ0v) is 35.5. The summed E-state index contributed by atoms with van der Waals surface area (Å²) in [5.74, 6) is -3.62. The van der Waals surface area contributed by atoms with Crippen LogP contribution in [0.3, 0.4) is 0 Å². The number of benzene rings is 3. The van der Waals surface area contributed by atoms with E-state index in [1.165, 1.54) is 24.3 Å². The third-order valence-electron chi connectivity index (χ3n) is 11.1. The molecule has 0 bridgehead atoms. The van der Waals surface area contributed by atoms with E-state index in [4.69, 9.17) is 13.6 Å². The Kier molecular flexibility index (Phi) is 11.3. The molecule has 0 fully saturated rings. The Morgan fingerprint density at radius 2 is 1.25 bits per heavy atom. The van der Waals surface area contributed by atoms with E-state index >= 15 is 4.79 Å². The molecule has 316 valence electrons. The van der Waals surface area contributed by atoms with Crippen molar-refractivity contribution in [2.24, 2.45) is 0 Å². The number of aliphatic hydroxyl groups excluding tert-OH is 1. The lowest BCUT2D eigenvalue weighted by atomic mass is 9.80. The monoisotopic (exact) mass is 826 g/mol. The molecule has 11 heteroatoms. The van der Waals surface area contributed by atoms with Crippen LogP contribution in [0.25, 0.3) is 33.3 Å². The Morgan fingerprint density at radius 1 is 0.656 bits per heavy atom. The number of Topliss-reactive ketones (excluding diaryl/α,β-unsaturated/α-hetero) is 1. The number of aromatic hydroxyl groups is 5. The molecule has 0 amide bonds. The molecule has 5 aromatic rings. The van der Waals surface area contributed by atoms with E-state index in [0.717, 1.165) is 28.4 Å². The lowest BCUT2D eigenvalue weighted by molar-refractivity contribution is 0.102. The van der Waals surface area contributed by atoms with Crippen LogP contribution >= 0.6 is 0 Å². The molecule has 1 aliphatic carbocycles. The number of phenols is 5. The van der Waals surface area contributed by atoms with Crippen LogP contribution in [0.15, 0.2) is 114 Å². The van der Waals surface area contributed by atoms with Crippen LogP contribution in [-0.4, -0.2) is 42.5 Å². The van der Waals surface area contributed by atoms with Gasteiger partial charge in [0, 0.05) is 28.7 Å². The minimum atomic E-state index is -0.915. The highest BCUT2D eigenvalue weighted by Crippen LogP contribution is 2.51. The van der Waals surface area contributed by atoms with E-state index in [2.05, 4.69) is 0 Å². The van der Waals surface area contributed by atoms with Gasteiger partial charge >= 0.3 is 5.63 Å². The summed E-state index contributed by atoms with van der Waals surface area (Å²) < 4.78 is 18.8. The molecule has 0 spiro atoms. The first-order valence-electron chi connectivity index (χ1n) is 20.1. The molecule has 0 unspecified atom stereocenters. The second-order valence-corrected chi connectivity index (χ2v) is 16.8. The van der Waals surface area contributed by atoms with Crippen molar-refractivity contribution in [3.8, 4) is 45.8 Å². The maximum absolute atomic E-state index is 15.4. The lowest BCUT2D eigenvalue weighted by Gasteiger charge is -2.26. The number of carbonyl (C=O) groups excluding carboxylic acids is 1. The molecular formula is C50H50O11. The number of ether oxygens (including phenoxy) is 1. The minimum absolute atomic E-state index is 0.0398. The van der Waals surface area contributed by atoms with Crippen molar-refractivity contribution in [3.05, 3.63) is 138 Å². The number of furan rings is 1. The van der Waals surface area contributed by atoms with Crippen molar-refractivity contribution in [3.63, 3.8) is 0 Å². The average Bonchev–Trinajstić information content (AvgIpc) is 3.75. The van der Waals surface area contributed by atoms with Gasteiger partial charge in [0.1, 0.15) is 51.8 Å². The number of rotatable bonds is 11. The van der Waals surface area contributed by atoms with E-state index < -0.39 is 40.7 Å². The third-order valence-corrected chi connectivity index (χ3v) is 11.1. The number of hydrogen-bond acceptors (Lipinski definition) is 11. The molecule has 6 N–H and O–H groups in total. The summed E-state index contributed by atoms with van der Waals surface area (Å²) >= 11 is 0. The minimum Gasteiger partial charge on any atom is -0.508 e. The van der Waals surface area contributed by atoms with Crippen LogP contribution in [0, 0.1) is 0 Å². The first-order chi connectivity index (χ1) is 28.9. The largest absolute Gasteiger partial charge is 0.508 e. The second-order valence-electron chi connectivity index (χ2n) is 16.8. The Labute approximate surface area is 352 Å². The molecule has 7 rings (SSSR count). The molecule has 0 radical (unpaired) electrons. The quantitative estimate of drug-likeness (QED) is 0.0321. The number of hydrogen-bond donors (Lipinski definition) is 6. The van der Waals surface area contributed by atoms with Crippen molar-refractivity contribution in [1.82, 2.24) is 0 Å². The Morgan fingerprint density at radius 3 is 1.89 bits per heavy atom. The summed E-state index contributed by atoms with van der Waals surface area (Å²) in [5, 5.41) is 68.1. The van der Waals surface area contributed by atoms with Crippen LogP contribution in [0.5, 0.6) is 34.5 Å². The van der Waals surface area contributed by atoms with E-state index in [-0.39, 0.29) is 92.4 Å². The number of aliphatic hydroxyl groups is 1. The summed E-state index contributed by atoms with van der Waals surface area (Å²) in [4.78, 5) is 29.3. The summed E-state index contributed by atoms with van der Waals surface area (Å²) in [6, 6.07) is 6.97. The van der Waals surface area contributed by atoms with E-state index in [9.17, 15) is 35.4 Å². The standard InChI is InChI=1S/C50H50O11/c1-23(2)9-13-27-17-31(38(53)21-36(27)51)48-41(34-20-39(54)44(56)30(47(34)60-48)16-12-26(7)8)45(57)35-19-33-42-49(61-46(33)29(43(35)55)15-11-25(5)6)32-18-28(14-10-24(3)4)37(52)22-40(32)59-50(42)58/h9-12,17-22,33,46,51-56H,13-16H2,1-8H3/t33-,46-/m1/s1. The van der Waals surface area contributed by atoms with Gasteiger partial charge in [-0.25, -0.2) is 4.79 Å². The zero-order chi connectivity index (χ0) is 44.2. The van der Waals surface area contributed by atoms with Gasteiger partial charge in [-0.2, -0.15) is 0 Å². The third kappa shape index (κ3) is 7.83. The van der Waals surface area contributed by atoms with Gasteiger partial charge in [0.25, 0.3) is 0 Å². The van der Waals surface area contributed by atoms with E-state index in [0.29, 0.717) is 28.5 Å². The SMILES string of the molecule is CC(C)=CCC1=C(O)C(C(=O)c2c(-c3cc(CC=C(C)C)c(O)cc3O)oc3c(CC=C(C)C)c(O)c(O)cc23)=C[C@@H]2c3c(c4cc(CC=C(C)C)c(O)cc4oc3=O)O[C@H]12. The maximum atomic E-state index is 15.4. The van der Waals surface area contributed by atoms with Gasteiger partial charge in [0.2, 0.25) is 5.78 Å². The predicted molar refractivity (Wildman–Crippen MR) is 235 cm³/mol. The molecule has 3 aromatic carbocycles. The highest BCUT2D eigenvalue weighted by atomic mass is 16.5. The fraction of sp³-hybridized carbons (Fsp3) is 0.280. The molecule has 2 aromatic heterocycles. The Hall–Kier alpha value is -6.88. The van der Waals surface area contributed by atoms with Gasteiger partial charge in [-0.3, -0.25) is 4.79 Å². The van der Waals surface area contributed by atoms with E-state index in [1.54, 1.807) is 6.07 Å². The average molecular weight is 827 g/mol. The number of allylic oxidation sites excluding steroid dienone is 9. The molecule has 0 saturated carbocycles. The van der Waals surface area contributed by atoms with Crippen LogP contribution in [0.2, 0.25) is 0 Å². The lowest BCUT2D eigenvalue weighted by Crippen LogP contribution is -2.29. The summed E-state index contributed by atoms with van der Waals surface area (Å²) in [5.41, 5.74) is 4.62. The molecule has 2 atom stereocenters. The summed E-state index contributed by atoms with van der Waals surface area (Å²) in [6.45, 7) is 15.2. The van der Waals surface area contributed by atoms with Gasteiger partial charge in [0.05, 0.1) is 33.6 Å². The van der Waals surface area contributed by atoms with E-state index in [1.807, 2.05) is 79.7 Å². The summed E-state index contributed by atoms with van der Waals surface area (Å²) in [6.07, 6.45) is 9.06. The van der Waals surface area contributed by atoms with Crippen LogP contribution in [0.4, 0.5) is 0 Å². The number of carbonyl (C=O) groups is 1. The molecule has 3 heterocycles. The molecule has 61 heavy (non-hydrogen) atoms. The van der Waals surface area contributed by atoms with Crippen molar-refractivity contribution in [2.75, 3.05) is 0 Å². The molecule has 11 nitrogen and oxygen atoms in total.